The van der Waals surface area contributed by atoms with Crippen LogP contribution in [0.4, 0.5) is 0 Å². The molecule has 2 nitrogen and oxygen atoms in total. The molecule has 0 fully saturated rings. The summed E-state index contributed by atoms with van der Waals surface area (Å²) < 4.78 is 5.39. The summed E-state index contributed by atoms with van der Waals surface area (Å²) in [4.78, 5) is 4.53. The number of rotatable bonds is 6. The van der Waals surface area contributed by atoms with Gasteiger partial charge in [-0.2, -0.15) is 0 Å². The second-order valence-electron chi connectivity index (χ2n) is 4.40. The van der Waals surface area contributed by atoms with E-state index < -0.39 is 0 Å². The average Bonchev–Trinajstić information content (AvgIpc) is 2.40. The molecule has 0 amide bonds. The zero-order valence-corrected chi connectivity index (χ0v) is 11.6. The van der Waals surface area contributed by atoms with E-state index in [9.17, 15) is 0 Å². The van der Waals surface area contributed by atoms with Crippen molar-refractivity contribution in [2.45, 2.75) is 33.1 Å². The van der Waals surface area contributed by atoms with Crippen molar-refractivity contribution in [1.82, 2.24) is 0 Å². The molecule has 0 saturated carbocycles. The van der Waals surface area contributed by atoms with Crippen LogP contribution in [0, 0.1) is 5.92 Å². The van der Waals surface area contributed by atoms with Gasteiger partial charge in [-0.25, -0.2) is 4.99 Å². The largest absolute Gasteiger partial charge is 0.484 e. The Labute approximate surface area is 110 Å². The fraction of sp³-hybridized carbons (Fsp3) is 0.438. The average molecular weight is 245 g/mol. The molecule has 1 rings (SSSR count). The molecule has 0 radical (unpaired) electrons. The normalized spacial score (nSPS) is 11.7. The molecule has 0 bridgehead atoms. The third kappa shape index (κ3) is 4.36. The third-order valence-corrected chi connectivity index (χ3v) is 3.06. The first-order valence-electron chi connectivity index (χ1n) is 6.55. The van der Waals surface area contributed by atoms with Crippen LogP contribution < -0.4 is 0 Å². The van der Waals surface area contributed by atoms with Gasteiger partial charge in [0.05, 0.1) is 7.11 Å². The molecule has 0 aromatic heterocycles. The molecule has 98 valence electrons. The van der Waals surface area contributed by atoms with Gasteiger partial charge in [0.15, 0.2) is 5.90 Å². The minimum Gasteiger partial charge on any atom is -0.484 e. The van der Waals surface area contributed by atoms with Crippen LogP contribution in [0.3, 0.4) is 0 Å². The van der Waals surface area contributed by atoms with E-state index in [4.69, 9.17) is 4.74 Å². The quantitative estimate of drug-likeness (QED) is 0.543. The molecule has 2 heteroatoms. The van der Waals surface area contributed by atoms with Crippen LogP contribution in [0.5, 0.6) is 0 Å². The molecule has 0 N–H and O–H groups in total. The van der Waals surface area contributed by atoms with Gasteiger partial charge in [-0.05, 0) is 18.4 Å². The number of nitrogens with zero attached hydrogens (tertiary/aromatic N) is 1. The fourth-order valence-electron chi connectivity index (χ4n) is 1.97. The van der Waals surface area contributed by atoms with Crippen molar-refractivity contribution in [2.75, 3.05) is 7.11 Å². The smallest absolute Gasteiger partial charge is 0.190 e. The Morgan fingerprint density at radius 3 is 2.33 bits per heavy atom. The summed E-state index contributed by atoms with van der Waals surface area (Å²) in [5.41, 5.74) is 2.08. The Kier molecular flexibility index (Phi) is 6.20. The van der Waals surface area contributed by atoms with Crippen LogP contribution in [-0.2, 0) is 11.2 Å². The van der Waals surface area contributed by atoms with Gasteiger partial charge in [-0.15, -0.1) is 0 Å². The molecule has 1 aromatic rings. The van der Waals surface area contributed by atoms with Crippen molar-refractivity contribution in [2.24, 2.45) is 10.9 Å². The van der Waals surface area contributed by atoms with E-state index in [1.165, 1.54) is 5.56 Å². The van der Waals surface area contributed by atoms with E-state index in [2.05, 4.69) is 37.6 Å². The Bertz CT molecular complexity index is 391. The first-order chi connectivity index (χ1) is 8.71. The van der Waals surface area contributed by atoms with Gasteiger partial charge in [0.2, 0.25) is 0 Å². The van der Waals surface area contributed by atoms with Crippen LogP contribution >= 0.6 is 0 Å². The lowest BCUT2D eigenvalue weighted by atomic mass is 10.0. The van der Waals surface area contributed by atoms with Gasteiger partial charge >= 0.3 is 0 Å². The topological polar surface area (TPSA) is 21.6 Å². The Morgan fingerprint density at radius 2 is 1.83 bits per heavy atom. The van der Waals surface area contributed by atoms with Gasteiger partial charge in [0, 0.05) is 18.0 Å². The molecule has 0 aliphatic carbocycles. The summed E-state index contributed by atoms with van der Waals surface area (Å²) in [7, 11) is 1.69. The number of aliphatic imine (C=N–C) groups is 1. The Morgan fingerprint density at radius 1 is 1.22 bits per heavy atom. The van der Waals surface area contributed by atoms with Crippen molar-refractivity contribution in [3.63, 3.8) is 0 Å². The highest BCUT2D eigenvalue weighted by Gasteiger charge is 2.12. The summed E-state index contributed by atoms with van der Waals surface area (Å²) in [6, 6.07) is 10.3. The number of ether oxygens (including phenoxy) is 1. The minimum atomic E-state index is 0.391. The van der Waals surface area contributed by atoms with Crippen LogP contribution in [0.25, 0.3) is 0 Å². The Balaban J connectivity index is 2.71. The monoisotopic (exact) mass is 245 g/mol. The number of hydrogen-bond donors (Lipinski definition) is 0. The van der Waals surface area contributed by atoms with Crippen molar-refractivity contribution in [1.29, 1.82) is 0 Å². The van der Waals surface area contributed by atoms with Gasteiger partial charge in [0.1, 0.15) is 0 Å². The second kappa shape index (κ2) is 7.70. The number of benzene rings is 1. The van der Waals surface area contributed by atoms with Gasteiger partial charge in [-0.3, -0.25) is 0 Å². The highest BCUT2D eigenvalue weighted by atomic mass is 16.5. The summed E-state index contributed by atoms with van der Waals surface area (Å²) >= 11 is 0. The maximum atomic E-state index is 5.39. The van der Waals surface area contributed by atoms with E-state index in [1.54, 1.807) is 7.11 Å². The summed E-state index contributed by atoms with van der Waals surface area (Å²) in [5.74, 6) is 1.20. The maximum absolute atomic E-state index is 5.39. The van der Waals surface area contributed by atoms with Crippen molar-refractivity contribution in [3.8, 4) is 0 Å². The lowest BCUT2D eigenvalue weighted by Crippen LogP contribution is -2.15. The maximum Gasteiger partial charge on any atom is 0.190 e. The van der Waals surface area contributed by atoms with E-state index in [0.717, 1.165) is 30.9 Å². The molecular weight excluding hydrogens is 222 g/mol. The van der Waals surface area contributed by atoms with Crippen LogP contribution in [0.15, 0.2) is 47.6 Å². The molecule has 0 aliphatic heterocycles. The summed E-state index contributed by atoms with van der Waals surface area (Å²) in [6.45, 7) is 8.33. The standard InChI is InChI=1S/C16H23NO/c1-5-15(6-2)16(18-4)17-13(3)12-14-10-8-7-9-11-14/h7-11,15H,3,5-6,12H2,1-2,4H3. The number of hydrogen-bond acceptors (Lipinski definition) is 2. The molecule has 0 spiro atoms. The molecule has 0 unspecified atom stereocenters. The predicted molar refractivity (Wildman–Crippen MR) is 77.8 cm³/mol. The summed E-state index contributed by atoms with van der Waals surface area (Å²) in [6.07, 6.45) is 2.86. The minimum absolute atomic E-state index is 0.391. The number of allylic oxidation sites excluding steroid dienone is 1. The van der Waals surface area contributed by atoms with Crippen molar-refractivity contribution >= 4 is 5.90 Å². The highest BCUT2D eigenvalue weighted by molar-refractivity contribution is 5.79. The third-order valence-electron chi connectivity index (χ3n) is 3.06. The van der Waals surface area contributed by atoms with E-state index in [0.29, 0.717) is 5.92 Å². The van der Waals surface area contributed by atoms with E-state index in [-0.39, 0.29) is 0 Å². The zero-order chi connectivity index (χ0) is 13.4. The first kappa shape index (κ1) is 14.5. The molecule has 1 aromatic carbocycles. The summed E-state index contributed by atoms with van der Waals surface area (Å²) in [5, 5.41) is 0. The van der Waals surface area contributed by atoms with Crippen LogP contribution in [-0.4, -0.2) is 13.0 Å². The lowest BCUT2D eigenvalue weighted by Gasteiger charge is -2.14. The molecular formula is C16H23NO. The number of methoxy groups -OCH3 is 1. The van der Waals surface area contributed by atoms with E-state index in [1.807, 2.05) is 18.2 Å². The van der Waals surface area contributed by atoms with Crippen molar-refractivity contribution in [3.05, 3.63) is 48.2 Å². The van der Waals surface area contributed by atoms with Gasteiger partial charge < -0.3 is 4.74 Å². The fourth-order valence-corrected chi connectivity index (χ4v) is 1.97. The lowest BCUT2D eigenvalue weighted by molar-refractivity contribution is 0.358. The van der Waals surface area contributed by atoms with Crippen LogP contribution in [0.2, 0.25) is 0 Å². The van der Waals surface area contributed by atoms with Crippen LogP contribution in [0.1, 0.15) is 32.3 Å². The van der Waals surface area contributed by atoms with Crippen molar-refractivity contribution < 1.29 is 4.74 Å². The predicted octanol–water partition coefficient (Wildman–Crippen LogP) is 4.22. The van der Waals surface area contributed by atoms with Gasteiger partial charge in [-0.1, -0.05) is 50.8 Å². The first-order valence-corrected chi connectivity index (χ1v) is 6.55. The van der Waals surface area contributed by atoms with Gasteiger partial charge in [0.25, 0.3) is 0 Å². The molecule has 0 heterocycles. The highest BCUT2D eigenvalue weighted by Crippen LogP contribution is 2.14. The molecule has 18 heavy (non-hydrogen) atoms. The zero-order valence-electron chi connectivity index (χ0n) is 11.6. The Hall–Kier alpha value is -1.57. The molecule has 0 saturated heterocycles. The molecule has 0 aliphatic rings. The molecule has 0 atom stereocenters. The SMILES string of the molecule is C=C(Cc1ccccc1)N=C(OC)C(CC)CC. The second-order valence-corrected chi connectivity index (χ2v) is 4.40. The van der Waals surface area contributed by atoms with E-state index >= 15 is 0 Å².